The minimum absolute atomic E-state index is 0. The van der Waals surface area contributed by atoms with E-state index in [0.29, 0.717) is 0 Å². The van der Waals surface area contributed by atoms with Crippen molar-refractivity contribution >= 4 is 115 Å². The van der Waals surface area contributed by atoms with Crippen molar-refractivity contribution in [2.45, 2.75) is 0 Å². The normalized spacial score (nSPS) is 8.00. The summed E-state index contributed by atoms with van der Waals surface area (Å²) < 4.78 is 0. The molecule has 64 valence electrons. The molecule has 0 amide bonds. The fraction of sp³-hybridized carbons (Fsp3) is 0. The Labute approximate surface area is 166 Å². The summed E-state index contributed by atoms with van der Waals surface area (Å²) in [5.41, 5.74) is -0.727. The topological polar surface area (TPSA) is 80.3 Å². The van der Waals surface area contributed by atoms with E-state index in [2.05, 4.69) is 0 Å². The smallest absolute Gasteiger partial charge is 0.0721 e. The van der Waals surface area contributed by atoms with Crippen LogP contribution in [0.25, 0.3) is 0 Å². The van der Waals surface area contributed by atoms with Crippen molar-refractivity contribution in [1.29, 1.82) is 0 Å². The van der Waals surface area contributed by atoms with Crippen LogP contribution in [-0.2, 0) is 0 Å². The van der Waals surface area contributed by atoms with Gasteiger partial charge in [-0.25, -0.2) is 0 Å². The van der Waals surface area contributed by atoms with E-state index < -0.39 is 11.9 Å². The molecule has 1 aromatic carbocycles. The van der Waals surface area contributed by atoms with Crippen LogP contribution in [0, 0.1) is 0 Å². The minimum Gasteiger partial charge on any atom is -0.545 e. The Balaban J connectivity index is 0. The summed E-state index contributed by atoms with van der Waals surface area (Å²) in [4.78, 5) is 20.6. The molecule has 0 unspecified atom stereocenters. The molecular formula is C8H4K2O4-2. The van der Waals surface area contributed by atoms with Gasteiger partial charge in [0.05, 0.1) is 11.9 Å². The van der Waals surface area contributed by atoms with Crippen molar-refractivity contribution < 1.29 is 19.8 Å². The Kier molecular flexibility index (Phi) is 10.9. The van der Waals surface area contributed by atoms with Crippen LogP contribution in [0.4, 0.5) is 0 Å². The van der Waals surface area contributed by atoms with E-state index in [1.54, 1.807) is 0 Å². The van der Waals surface area contributed by atoms with E-state index in [4.69, 9.17) is 0 Å². The van der Waals surface area contributed by atoms with Crippen LogP contribution in [0.15, 0.2) is 24.3 Å². The van der Waals surface area contributed by atoms with Crippen LogP contribution in [0.1, 0.15) is 20.7 Å². The van der Waals surface area contributed by atoms with Gasteiger partial charge in [0.25, 0.3) is 0 Å². The van der Waals surface area contributed by atoms with Gasteiger partial charge >= 0.3 is 0 Å². The number of rotatable bonds is 2. The third kappa shape index (κ3) is 4.97. The van der Waals surface area contributed by atoms with Crippen LogP contribution in [0.3, 0.4) is 0 Å². The predicted molar refractivity (Wildman–Crippen MR) is 46.6 cm³/mol. The zero-order valence-electron chi connectivity index (χ0n) is 7.94. The molecule has 0 N–H and O–H groups in total. The van der Waals surface area contributed by atoms with Crippen LogP contribution in [0.2, 0.25) is 0 Å². The second-order valence-corrected chi connectivity index (χ2v) is 2.12. The molecule has 6 heteroatoms. The molecule has 0 fully saturated rings. The first-order chi connectivity index (χ1) is 5.63. The molecule has 0 spiro atoms. The maximum absolute atomic E-state index is 10.3. The summed E-state index contributed by atoms with van der Waals surface area (Å²) in [6.07, 6.45) is 0. The van der Waals surface area contributed by atoms with Crippen LogP contribution < -0.4 is 10.2 Å². The number of carboxylic acids is 2. The van der Waals surface area contributed by atoms with Crippen molar-refractivity contribution in [3.05, 3.63) is 35.4 Å². The van der Waals surface area contributed by atoms with E-state index >= 15 is 0 Å². The van der Waals surface area contributed by atoms with Gasteiger partial charge in [0.15, 0.2) is 0 Å². The summed E-state index contributed by atoms with van der Waals surface area (Å²) in [5, 5.41) is 20.6. The van der Waals surface area contributed by atoms with Crippen LogP contribution in [0.5, 0.6) is 0 Å². The fourth-order valence-corrected chi connectivity index (χ4v) is 0.839. The third-order valence-electron chi connectivity index (χ3n) is 1.37. The molecule has 0 aliphatic carbocycles. The molecule has 14 heavy (non-hydrogen) atoms. The summed E-state index contributed by atoms with van der Waals surface area (Å²) >= 11 is 0. The quantitative estimate of drug-likeness (QED) is 0.544. The standard InChI is InChI=1S/C8H6O4.2K/c9-7(10)5-3-1-2-4-6(5)8(11)12;;/h1-4H,(H,9,10)(H,11,12);;/p-2. The molecule has 2 radical (unpaired) electrons. The first-order valence-corrected chi connectivity index (χ1v) is 3.14. The molecule has 1 aromatic rings. The van der Waals surface area contributed by atoms with E-state index in [-0.39, 0.29) is 114 Å². The van der Waals surface area contributed by atoms with Crippen LogP contribution >= 0.6 is 0 Å². The summed E-state index contributed by atoms with van der Waals surface area (Å²) in [6, 6.07) is 5.14. The van der Waals surface area contributed by atoms with Gasteiger partial charge < -0.3 is 19.8 Å². The maximum atomic E-state index is 10.3. The molecule has 0 saturated carbocycles. The minimum atomic E-state index is -1.52. The monoisotopic (exact) mass is 242 g/mol. The number of carboxylic acid groups (broad SMARTS) is 2. The van der Waals surface area contributed by atoms with Gasteiger partial charge in [-0.2, -0.15) is 0 Å². The summed E-state index contributed by atoms with van der Waals surface area (Å²) in [5.74, 6) is -3.04. The Bertz CT molecular complexity index is 305. The molecule has 0 atom stereocenters. The predicted octanol–water partition coefficient (Wildman–Crippen LogP) is -2.35. The van der Waals surface area contributed by atoms with Crippen molar-refractivity contribution in [2.75, 3.05) is 0 Å². The molecule has 0 bridgehead atoms. The number of hydrogen-bond acceptors (Lipinski definition) is 4. The van der Waals surface area contributed by atoms with Gasteiger partial charge in [-0.15, -0.1) is 0 Å². The van der Waals surface area contributed by atoms with Gasteiger partial charge in [0, 0.05) is 114 Å². The molecule has 0 aromatic heterocycles. The fourth-order valence-electron chi connectivity index (χ4n) is 0.839. The first kappa shape index (κ1) is 17.8. The number of hydrogen-bond donors (Lipinski definition) is 0. The van der Waals surface area contributed by atoms with Crippen molar-refractivity contribution in [2.24, 2.45) is 0 Å². The Morgan fingerprint density at radius 1 is 0.857 bits per heavy atom. The molecular weight excluding hydrogens is 238 g/mol. The van der Waals surface area contributed by atoms with Gasteiger partial charge in [-0.3, -0.25) is 0 Å². The molecule has 0 aliphatic rings. The van der Waals surface area contributed by atoms with Crippen molar-refractivity contribution in [3.63, 3.8) is 0 Å². The Hall–Kier alpha value is 1.43. The largest absolute Gasteiger partial charge is 0.545 e. The Morgan fingerprint density at radius 3 is 1.36 bits per heavy atom. The number of carbonyl (C=O) groups excluding carboxylic acids is 2. The second kappa shape index (κ2) is 8.57. The average molecular weight is 242 g/mol. The van der Waals surface area contributed by atoms with E-state index in [1.807, 2.05) is 0 Å². The molecule has 0 aliphatic heterocycles. The molecule has 1 rings (SSSR count). The SMILES string of the molecule is O=C([O-])c1ccccc1C(=O)[O-].[K].[K]. The number of benzene rings is 1. The number of carbonyl (C=O) groups is 2. The summed E-state index contributed by atoms with van der Waals surface area (Å²) in [7, 11) is 0. The molecule has 0 heterocycles. The Morgan fingerprint density at radius 2 is 1.14 bits per heavy atom. The van der Waals surface area contributed by atoms with Gasteiger partial charge in [-0.1, -0.05) is 24.3 Å². The van der Waals surface area contributed by atoms with E-state index in [1.165, 1.54) is 12.1 Å². The number of aromatic carboxylic acids is 2. The van der Waals surface area contributed by atoms with Crippen molar-refractivity contribution in [1.82, 2.24) is 0 Å². The van der Waals surface area contributed by atoms with Crippen LogP contribution in [-0.4, -0.2) is 115 Å². The molecule has 4 nitrogen and oxygen atoms in total. The maximum Gasteiger partial charge on any atom is 0.0721 e. The van der Waals surface area contributed by atoms with Gasteiger partial charge in [0.2, 0.25) is 0 Å². The zero-order chi connectivity index (χ0) is 9.14. The third-order valence-corrected chi connectivity index (χ3v) is 1.37. The average Bonchev–Trinajstić information content (AvgIpc) is 2.04. The first-order valence-electron chi connectivity index (χ1n) is 3.14. The van der Waals surface area contributed by atoms with Gasteiger partial charge in [0.1, 0.15) is 0 Å². The zero-order valence-corrected chi connectivity index (χ0v) is 14.2. The van der Waals surface area contributed by atoms with Gasteiger partial charge in [-0.05, 0) is 0 Å². The summed E-state index contributed by atoms with van der Waals surface area (Å²) in [6.45, 7) is 0. The second-order valence-electron chi connectivity index (χ2n) is 2.12. The van der Waals surface area contributed by atoms with E-state index in [9.17, 15) is 19.8 Å². The van der Waals surface area contributed by atoms with E-state index in [0.717, 1.165) is 12.1 Å². The van der Waals surface area contributed by atoms with Crippen molar-refractivity contribution in [3.8, 4) is 0 Å². The molecule has 0 saturated heterocycles.